The van der Waals surface area contributed by atoms with Crippen LogP contribution in [0.5, 0.6) is 0 Å². The van der Waals surface area contributed by atoms with Crippen molar-refractivity contribution in [3.63, 3.8) is 0 Å². The van der Waals surface area contributed by atoms with Gasteiger partial charge in [-0.1, -0.05) is 51.3 Å². The first-order valence-electron chi connectivity index (χ1n) is 6.60. The SMILES string of the molecule is CCCCCCC(=O)O.CCSc1ccccc1. The minimum absolute atomic E-state index is 0.333. The molecule has 0 radical (unpaired) electrons. The van der Waals surface area contributed by atoms with Crippen LogP contribution in [0.1, 0.15) is 46.0 Å². The third-order valence-corrected chi connectivity index (χ3v) is 3.19. The van der Waals surface area contributed by atoms with Gasteiger partial charge in [0.25, 0.3) is 0 Å². The van der Waals surface area contributed by atoms with E-state index in [1.165, 1.54) is 11.3 Å². The maximum Gasteiger partial charge on any atom is 0.303 e. The Labute approximate surface area is 115 Å². The molecule has 0 bridgehead atoms. The molecule has 102 valence electrons. The van der Waals surface area contributed by atoms with Crippen LogP contribution in [-0.4, -0.2) is 16.8 Å². The summed E-state index contributed by atoms with van der Waals surface area (Å²) in [6.07, 6.45) is 4.55. The van der Waals surface area contributed by atoms with Gasteiger partial charge >= 0.3 is 5.97 Å². The average molecular weight is 268 g/mol. The van der Waals surface area contributed by atoms with E-state index in [9.17, 15) is 4.79 Å². The van der Waals surface area contributed by atoms with Crippen LogP contribution in [0.4, 0.5) is 0 Å². The maximum atomic E-state index is 9.96. The smallest absolute Gasteiger partial charge is 0.303 e. The Balaban J connectivity index is 0.000000321. The molecule has 0 aliphatic heterocycles. The van der Waals surface area contributed by atoms with Gasteiger partial charge in [-0.2, -0.15) is 0 Å². The normalized spacial score (nSPS) is 9.44. The number of hydrogen-bond acceptors (Lipinski definition) is 2. The number of carbonyl (C=O) groups is 1. The summed E-state index contributed by atoms with van der Waals surface area (Å²) in [5.41, 5.74) is 0. The molecule has 2 nitrogen and oxygen atoms in total. The molecule has 0 spiro atoms. The fourth-order valence-corrected chi connectivity index (χ4v) is 2.07. The van der Waals surface area contributed by atoms with Crippen molar-refractivity contribution in [3.05, 3.63) is 30.3 Å². The Kier molecular flexibility index (Phi) is 11.8. The summed E-state index contributed by atoms with van der Waals surface area (Å²) < 4.78 is 0. The van der Waals surface area contributed by atoms with Gasteiger partial charge in [0.05, 0.1) is 0 Å². The number of carboxylic acid groups (broad SMARTS) is 1. The highest BCUT2D eigenvalue weighted by molar-refractivity contribution is 7.99. The molecule has 1 N–H and O–H groups in total. The summed E-state index contributed by atoms with van der Waals surface area (Å²) in [4.78, 5) is 11.3. The van der Waals surface area contributed by atoms with Crippen molar-refractivity contribution in [2.45, 2.75) is 50.8 Å². The van der Waals surface area contributed by atoms with Gasteiger partial charge in [-0.3, -0.25) is 4.79 Å². The summed E-state index contributed by atoms with van der Waals surface area (Å²) >= 11 is 1.88. The minimum atomic E-state index is -0.675. The van der Waals surface area contributed by atoms with Gasteiger partial charge in [-0.05, 0) is 24.3 Å². The minimum Gasteiger partial charge on any atom is -0.481 e. The third kappa shape index (κ3) is 11.5. The highest BCUT2D eigenvalue weighted by atomic mass is 32.2. The Hall–Kier alpha value is -0.960. The predicted molar refractivity (Wildman–Crippen MR) is 79.2 cm³/mol. The molecular formula is C15H24O2S. The number of thioether (sulfide) groups is 1. The molecule has 0 unspecified atom stereocenters. The first-order valence-corrected chi connectivity index (χ1v) is 7.58. The molecule has 0 saturated carbocycles. The second-order valence-corrected chi connectivity index (χ2v) is 5.29. The van der Waals surface area contributed by atoms with Crippen molar-refractivity contribution in [2.75, 3.05) is 5.75 Å². The lowest BCUT2D eigenvalue weighted by Crippen LogP contribution is -1.92. The van der Waals surface area contributed by atoms with Crippen LogP contribution in [-0.2, 0) is 4.79 Å². The van der Waals surface area contributed by atoms with Gasteiger partial charge in [0.15, 0.2) is 0 Å². The molecule has 1 rings (SSSR count). The van der Waals surface area contributed by atoms with Crippen LogP contribution in [0.3, 0.4) is 0 Å². The largest absolute Gasteiger partial charge is 0.481 e. The molecule has 3 heteroatoms. The van der Waals surface area contributed by atoms with Crippen LogP contribution in [0.25, 0.3) is 0 Å². The second-order valence-electron chi connectivity index (χ2n) is 3.95. The van der Waals surface area contributed by atoms with Crippen molar-refractivity contribution in [3.8, 4) is 0 Å². The Morgan fingerprint density at radius 3 is 2.28 bits per heavy atom. The Morgan fingerprint density at radius 1 is 1.11 bits per heavy atom. The van der Waals surface area contributed by atoms with E-state index in [1.54, 1.807) is 0 Å². The number of unbranched alkanes of at least 4 members (excludes halogenated alkanes) is 3. The topological polar surface area (TPSA) is 37.3 Å². The fraction of sp³-hybridized carbons (Fsp3) is 0.533. The van der Waals surface area contributed by atoms with Crippen LogP contribution in [0.15, 0.2) is 35.2 Å². The zero-order valence-corrected chi connectivity index (χ0v) is 12.2. The number of carboxylic acids is 1. The lowest BCUT2D eigenvalue weighted by Gasteiger charge is -1.93. The molecule has 1 aromatic carbocycles. The maximum absolute atomic E-state index is 9.96. The van der Waals surface area contributed by atoms with Crippen molar-refractivity contribution in [1.29, 1.82) is 0 Å². The molecular weight excluding hydrogens is 244 g/mol. The summed E-state index contributed by atoms with van der Waals surface area (Å²) in [5.74, 6) is 0.482. The quantitative estimate of drug-likeness (QED) is 0.568. The zero-order chi connectivity index (χ0) is 13.6. The van der Waals surface area contributed by atoms with E-state index < -0.39 is 5.97 Å². The monoisotopic (exact) mass is 268 g/mol. The first kappa shape index (κ1) is 17.0. The van der Waals surface area contributed by atoms with Crippen molar-refractivity contribution >= 4 is 17.7 Å². The Morgan fingerprint density at radius 2 is 1.78 bits per heavy atom. The summed E-state index contributed by atoms with van der Waals surface area (Å²) in [6, 6.07) is 10.4. The van der Waals surface area contributed by atoms with E-state index in [0.717, 1.165) is 25.0 Å². The highest BCUT2D eigenvalue weighted by Crippen LogP contribution is 2.15. The van der Waals surface area contributed by atoms with Gasteiger partial charge in [0, 0.05) is 11.3 Å². The van der Waals surface area contributed by atoms with Crippen molar-refractivity contribution < 1.29 is 9.90 Å². The molecule has 0 atom stereocenters. The van der Waals surface area contributed by atoms with E-state index in [2.05, 4.69) is 38.1 Å². The van der Waals surface area contributed by atoms with Gasteiger partial charge in [0.2, 0.25) is 0 Å². The van der Waals surface area contributed by atoms with E-state index in [1.807, 2.05) is 17.8 Å². The molecule has 0 fully saturated rings. The number of rotatable bonds is 7. The zero-order valence-electron chi connectivity index (χ0n) is 11.4. The van der Waals surface area contributed by atoms with Crippen molar-refractivity contribution in [1.82, 2.24) is 0 Å². The van der Waals surface area contributed by atoms with Crippen LogP contribution in [0, 0.1) is 0 Å². The van der Waals surface area contributed by atoms with Gasteiger partial charge in [-0.15, -0.1) is 11.8 Å². The molecule has 0 aliphatic rings. The van der Waals surface area contributed by atoms with Gasteiger partial charge in [-0.25, -0.2) is 0 Å². The van der Waals surface area contributed by atoms with Crippen LogP contribution in [0.2, 0.25) is 0 Å². The average Bonchev–Trinajstić information content (AvgIpc) is 2.37. The molecule has 0 saturated heterocycles. The molecule has 0 aromatic heterocycles. The van der Waals surface area contributed by atoms with Gasteiger partial charge in [0.1, 0.15) is 0 Å². The molecule has 18 heavy (non-hydrogen) atoms. The molecule has 0 heterocycles. The van der Waals surface area contributed by atoms with E-state index in [0.29, 0.717) is 6.42 Å². The van der Waals surface area contributed by atoms with Crippen LogP contribution >= 0.6 is 11.8 Å². The summed E-state index contributed by atoms with van der Waals surface area (Å²) in [5, 5.41) is 8.21. The predicted octanol–water partition coefficient (Wildman–Crippen LogP) is 4.84. The standard InChI is InChI=1S/C8H10S.C7H14O2/c1-2-9-8-6-4-3-5-7-8;1-2-3-4-5-6-7(8)9/h3-7H,2H2,1H3;2-6H2,1H3,(H,8,9). The summed E-state index contributed by atoms with van der Waals surface area (Å²) in [7, 11) is 0. The molecule has 1 aromatic rings. The lowest BCUT2D eigenvalue weighted by atomic mass is 10.2. The van der Waals surface area contributed by atoms with Crippen LogP contribution < -0.4 is 0 Å². The summed E-state index contributed by atoms with van der Waals surface area (Å²) in [6.45, 7) is 4.28. The second kappa shape index (κ2) is 12.5. The molecule has 0 aliphatic carbocycles. The van der Waals surface area contributed by atoms with E-state index >= 15 is 0 Å². The third-order valence-electron chi connectivity index (χ3n) is 2.30. The van der Waals surface area contributed by atoms with Gasteiger partial charge < -0.3 is 5.11 Å². The van der Waals surface area contributed by atoms with E-state index in [-0.39, 0.29) is 0 Å². The number of benzene rings is 1. The van der Waals surface area contributed by atoms with Crippen molar-refractivity contribution in [2.24, 2.45) is 0 Å². The first-order chi connectivity index (χ1) is 8.70. The Bertz CT molecular complexity index is 299. The fourth-order valence-electron chi connectivity index (χ4n) is 1.39. The number of aliphatic carboxylic acids is 1. The van der Waals surface area contributed by atoms with E-state index in [4.69, 9.17) is 5.11 Å². The number of hydrogen-bond donors (Lipinski definition) is 1. The molecule has 0 amide bonds. The lowest BCUT2D eigenvalue weighted by molar-refractivity contribution is -0.137. The highest BCUT2D eigenvalue weighted by Gasteiger charge is 1.93.